The molecule has 0 saturated carbocycles. The van der Waals surface area contributed by atoms with Crippen molar-refractivity contribution < 1.29 is 14.0 Å². The lowest BCUT2D eigenvalue weighted by atomic mass is 9.87. The van der Waals surface area contributed by atoms with E-state index in [1.807, 2.05) is 12.1 Å². The second kappa shape index (κ2) is 8.57. The number of carbonyl (C=O) groups excluding carboxylic acids is 2. The maximum Gasteiger partial charge on any atom is 0.272 e. The summed E-state index contributed by atoms with van der Waals surface area (Å²) in [6, 6.07) is 16.0. The highest BCUT2D eigenvalue weighted by molar-refractivity contribution is 5.98. The largest absolute Gasteiger partial charge is 0.344 e. The predicted octanol–water partition coefficient (Wildman–Crippen LogP) is 3.88. The number of halogens is 1. The third-order valence-electron chi connectivity index (χ3n) is 6.25. The summed E-state index contributed by atoms with van der Waals surface area (Å²) >= 11 is 0. The topological polar surface area (TPSA) is 67.2 Å². The number of benzene rings is 2. The number of hydrogen-bond acceptors (Lipinski definition) is 3. The van der Waals surface area contributed by atoms with Crippen LogP contribution in [0, 0.1) is 5.82 Å². The second-order valence-corrected chi connectivity index (χ2v) is 8.47. The quantitative estimate of drug-likeness (QED) is 0.681. The summed E-state index contributed by atoms with van der Waals surface area (Å²) < 4.78 is 15.2. The van der Waals surface area contributed by atoms with Gasteiger partial charge in [0, 0.05) is 25.7 Å². The van der Waals surface area contributed by atoms with Crippen LogP contribution >= 0.6 is 0 Å². The first-order valence-corrected chi connectivity index (χ1v) is 11.1. The first-order chi connectivity index (χ1) is 15.6. The number of nitrogens with one attached hydrogen (secondary N) is 1. The first-order valence-electron chi connectivity index (χ1n) is 11.1. The Labute approximate surface area is 186 Å². The number of hydrogen-bond donors (Lipinski definition) is 1. The second-order valence-electron chi connectivity index (χ2n) is 8.47. The molecule has 6 nitrogen and oxygen atoms in total. The molecule has 1 N–H and O–H groups in total. The fourth-order valence-electron chi connectivity index (χ4n) is 4.69. The Hall–Kier alpha value is -3.48. The van der Waals surface area contributed by atoms with Crippen molar-refractivity contribution in [2.75, 3.05) is 6.54 Å². The van der Waals surface area contributed by atoms with Crippen LogP contribution in [0.4, 0.5) is 4.39 Å². The minimum Gasteiger partial charge on any atom is -0.344 e. The highest BCUT2D eigenvalue weighted by Gasteiger charge is 2.28. The van der Waals surface area contributed by atoms with E-state index < -0.39 is 0 Å². The maximum atomic E-state index is 13.6. The van der Waals surface area contributed by atoms with Crippen LogP contribution in [0.1, 0.15) is 63.0 Å². The Kier molecular flexibility index (Phi) is 5.47. The van der Waals surface area contributed by atoms with E-state index in [9.17, 15) is 14.0 Å². The van der Waals surface area contributed by atoms with Crippen molar-refractivity contribution in [2.24, 2.45) is 0 Å². The number of aromatic nitrogens is 2. The Balaban J connectivity index is 1.34. The van der Waals surface area contributed by atoms with Gasteiger partial charge >= 0.3 is 0 Å². The molecule has 0 spiro atoms. The molecule has 0 radical (unpaired) electrons. The number of carbonyl (C=O) groups is 2. The molecule has 164 valence electrons. The van der Waals surface area contributed by atoms with Gasteiger partial charge in [-0.1, -0.05) is 36.4 Å². The summed E-state index contributed by atoms with van der Waals surface area (Å²) in [5, 5.41) is 7.54. The third kappa shape index (κ3) is 4.02. The Bertz CT molecular complexity index is 1170. The smallest absolute Gasteiger partial charge is 0.272 e. The van der Waals surface area contributed by atoms with Crippen molar-refractivity contribution >= 4 is 11.8 Å². The van der Waals surface area contributed by atoms with Crippen LogP contribution in [0.5, 0.6) is 0 Å². The molecule has 5 rings (SSSR count). The molecule has 32 heavy (non-hydrogen) atoms. The summed E-state index contributed by atoms with van der Waals surface area (Å²) in [5.74, 6) is -0.781. The van der Waals surface area contributed by atoms with Crippen LogP contribution in [0.2, 0.25) is 0 Å². The van der Waals surface area contributed by atoms with Gasteiger partial charge in [0.25, 0.3) is 11.8 Å². The van der Waals surface area contributed by atoms with Gasteiger partial charge in [-0.25, -0.2) is 4.39 Å². The molecule has 2 aliphatic rings. The number of fused-ring (bicyclic) bond motifs is 2. The van der Waals surface area contributed by atoms with Crippen LogP contribution in [0.3, 0.4) is 0 Å². The van der Waals surface area contributed by atoms with Crippen LogP contribution < -0.4 is 5.32 Å². The molecule has 1 aromatic heterocycles. The molecular weight excluding hydrogens is 407 g/mol. The molecule has 1 atom stereocenters. The zero-order chi connectivity index (χ0) is 22.1. The molecule has 1 aliphatic carbocycles. The summed E-state index contributed by atoms with van der Waals surface area (Å²) in [6.45, 7) is 1.43. The van der Waals surface area contributed by atoms with Crippen molar-refractivity contribution in [3.05, 3.63) is 88.5 Å². The Morgan fingerprint density at radius 3 is 2.84 bits per heavy atom. The van der Waals surface area contributed by atoms with Gasteiger partial charge in [0.1, 0.15) is 11.5 Å². The molecular formula is C25H25FN4O2. The first kappa shape index (κ1) is 20.4. The predicted molar refractivity (Wildman–Crippen MR) is 118 cm³/mol. The monoisotopic (exact) mass is 432 g/mol. The summed E-state index contributed by atoms with van der Waals surface area (Å²) in [4.78, 5) is 27.8. The fourth-order valence-corrected chi connectivity index (χ4v) is 4.69. The van der Waals surface area contributed by atoms with Crippen molar-refractivity contribution in [3.63, 3.8) is 0 Å². The SMILES string of the molecule is O=C(NC1CCCc2ccccc21)c1cc2n(n1)CCCN(Cc1cccc(F)c1)C2=O. The van der Waals surface area contributed by atoms with Gasteiger partial charge in [-0.05, 0) is 54.5 Å². The van der Waals surface area contributed by atoms with Crippen LogP contribution in [-0.4, -0.2) is 33.0 Å². The summed E-state index contributed by atoms with van der Waals surface area (Å²) in [7, 11) is 0. The average molecular weight is 432 g/mol. The van der Waals surface area contributed by atoms with Crippen molar-refractivity contribution in [2.45, 2.75) is 44.8 Å². The van der Waals surface area contributed by atoms with Gasteiger partial charge in [0.15, 0.2) is 5.69 Å². The number of amides is 2. The van der Waals surface area contributed by atoms with Gasteiger partial charge in [0.05, 0.1) is 6.04 Å². The molecule has 7 heteroatoms. The number of aryl methyl sites for hydroxylation is 2. The van der Waals surface area contributed by atoms with Gasteiger partial charge in [-0.15, -0.1) is 0 Å². The van der Waals surface area contributed by atoms with Gasteiger partial charge in [-0.3, -0.25) is 14.3 Å². The summed E-state index contributed by atoms with van der Waals surface area (Å²) in [6.07, 6.45) is 3.65. The van der Waals surface area contributed by atoms with E-state index in [0.29, 0.717) is 31.7 Å². The van der Waals surface area contributed by atoms with Crippen molar-refractivity contribution in [1.29, 1.82) is 0 Å². The van der Waals surface area contributed by atoms with Gasteiger partial charge in [-0.2, -0.15) is 5.10 Å². The van der Waals surface area contributed by atoms with Crippen LogP contribution in [0.15, 0.2) is 54.6 Å². The minimum atomic E-state index is -0.321. The molecule has 0 bridgehead atoms. The third-order valence-corrected chi connectivity index (χ3v) is 6.25. The number of rotatable bonds is 4. The zero-order valence-electron chi connectivity index (χ0n) is 17.8. The van der Waals surface area contributed by atoms with E-state index in [2.05, 4.69) is 22.5 Å². The average Bonchev–Trinajstić information content (AvgIpc) is 3.17. The van der Waals surface area contributed by atoms with E-state index in [4.69, 9.17) is 0 Å². The van der Waals surface area contributed by atoms with E-state index in [-0.39, 0.29) is 29.4 Å². The highest BCUT2D eigenvalue weighted by atomic mass is 19.1. The summed E-state index contributed by atoms with van der Waals surface area (Å²) in [5.41, 5.74) is 3.82. The van der Waals surface area contributed by atoms with Gasteiger partial charge < -0.3 is 10.2 Å². The van der Waals surface area contributed by atoms with Crippen molar-refractivity contribution in [1.82, 2.24) is 20.0 Å². The van der Waals surface area contributed by atoms with Crippen molar-refractivity contribution in [3.8, 4) is 0 Å². The highest BCUT2D eigenvalue weighted by Crippen LogP contribution is 2.29. The van der Waals surface area contributed by atoms with E-state index in [0.717, 1.165) is 30.4 Å². The normalized spacial score (nSPS) is 18.0. The van der Waals surface area contributed by atoms with Crippen LogP contribution in [0.25, 0.3) is 0 Å². The van der Waals surface area contributed by atoms with E-state index in [1.165, 1.54) is 17.7 Å². The Morgan fingerprint density at radius 2 is 1.97 bits per heavy atom. The molecule has 1 aliphatic heterocycles. The standard InChI is InChI=1S/C25H25FN4O2/c26-19-9-3-6-17(14-19)16-29-12-5-13-30-23(25(29)32)15-22(28-30)24(31)27-21-11-4-8-18-7-1-2-10-20(18)21/h1-3,6-7,9-10,14-15,21H,4-5,8,11-13,16H2,(H,27,31). The Morgan fingerprint density at radius 1 is 1.09 bits per heavy atom. The fraction of sp³-hybridized carbons (Fsp3) is 0.320. The molecule has 2 heterocycles. The molecule has 1 unspecified atom stereocenters. The van der Waals surface area contributed by atoms with Crippen LogP contribution in [-0.2, 0) is 19.5 Å². The lowest BCUT2D eigenvalue weighted by Crippen LogP contribution is -2.31. The van der Waals surface area contributed by atoms with E-state index >= 15 is 0 Å². The van der Waals surface area contributed by atoms with Gasteiger partial charge in [0.2, 0.25) is 0 Å². The lowest BCUT2D eigenvalue weighted by Gasteiger charge is -2.26. The zero-order valence-corrected chi connectivity index (χ0v) is 17.8. The molecule has 2 aromatic carbocycles. The lowest BCUT2D eigenvalue weighted by molar-refractivity contribution is 0.0745. The number of nitrogens with zero attached hydrogens (tertiary/aromatic N) is 3. The molecule has 3 aromatic rings. The molecule has 2 amide bonds. The maximum absolute atomic E-state index is 13.6. The molecule has 0 saturated heterocycles. The molecule has 0 fully saturated rings. The minimum absolute atomic E-state index is 0.0471. The van der Waals surface area contributed by atoms with E-state index in [1.54, 1.807) is 27.8 Å².